The van der Waals surface area contributed by atoms with Crippen molar-refractivity contribution < 1.29 is 21.5 Å². The van der Waals surface area contributed by atoms with E-state index in [-0.39, 0.29) is 17.0 Å². The fourth-order valence-corrected chi connectivity index (χ4v) is 1.13. The van der Waals surface area contributed by atoms with Crippen LogP contribution in [0.4, 0.5) is 0 Å². The molecule has 1 N–H and O–H groups in total. The van der Waals surface area contributed by atoms with Gasteiger partial charge in [-0.05, 0) is 0 Å². The first-order chi connectivity index (χ1) is 3.84. The number of aryl methyl sites for hydroxylation is 1. The summed E-state index contributed by atoms with van der Waals surface area (Å²) in [5.41, 5.74) is 0. The first-order valence-corrected chi connectivity index (χ1v) is 3.54. The second-order valence-electron chi connectivity index (χ2n) is 1.65. The zero-order valence-electron chi connectivity index (χ0n) is 5.06. The van der Waals surface area contributed by atoms with Crippen molar-refractivity contribution in [1.82, 2.24) is 4.98 Å². The molecule has 0 saturated carbocycles. The third-order valence-corrected chi connectivity index (χ3v) is 1.63. The molecule has 0 radical (unpaired) electrons. The largest absolute Gasteiger partial charge is 1.00 e. The zero-order valence-corrected chi connectivity index (χ0v) is 8.24. The number of halogens is 2. The molecule has 0 spiro atoms. The Labute approximate surface area is 73.2 Å². The molecule has 0 aliphatic rings. The normalized spacial score (nSPS) is 8.67. The summed E-state index contributed by atoms with van der Waals surface area (Å²) >= 11 is 3.34. The van der Waals surface area contributed by atoms with Crippen LogP contribution < -0.4 is 21.5 Å². The highest BCUT2D eigenvalue weighted by atomic mass is 79.9. The van der Waals surface area contributed by atoms with Gasteiger partial charge in [0.2, 0.25) is 0 Å². The molecule has 1 rings (SSSR count). The van der Waals surface area contributed by atoms with Crippen molar-refractivity contribution in [2.45, 2.75) is 5.33 Å². The molecule has 1 aromatic rings. The molecular weight excluding hydrogens is 248 g/mol. The van der Waals surface area contributed by atoms with Gasteiger partial charge in [-0.25, -0.2) is 9.55 Å². The topological polar surface area (TPSA) is 19.7 Å². The Hall–Kier alpha value is 0.170. The molecule has 0 atom stereocenters. The lowest BCUT2D eigenvalue weighted by Crippen LogP contribution is -3.00. The molecule has 0 unspecified atom stereocenters. The summed E-state index contributed by atoms with van der Waals surface area (Å²) in [5, 5.41) is 0.885. The highest BCUT2D eigenvalue weighted by Gasteiger charge is 2.00. The first kappa shape index (κ1) is 9.17. The third kappa shape index (κ3) is 2.10. The van der Waals surface area contributed by atoms with Crippen LogP contribution >= 0.6 is 15.9 Å². The maximum absolute atomic E-state index is 3.34. The molecular formula is C5H8Br2N2. The van der Waals surface area contributed by atoms with Gasteiger partial charge in [0, 0.05) is 0 Å². The monoisotopic (exact) mass is 254 g/mol. The van der Waals surface area contributed by atoms with Crippen LogP contribution in [0.5, 0.6) is 0 Å². The van der Waals surface area contributed by atoms with Crippen LogP contribution in [0.1, 0.15) is 5.82 Å². The molecule has 1 heterocycles. The second-order valence-corrected chi connectivity index (χ2v) is 2.21. The van der Waals surface area contributed by atoms with Crippen LogP contribution in [0, 0.1) is 0 Å². The molecule has 0 bridgehead atoms. The average molecular weight is 256 g/mol. The summed E-state index contributed by atoms with van der Waals surface area (Å²) in [6, 6.07) is 0. The number of nitrogens with zero attached hydrogens (tertiary/aromatic N) is 1. The van der Waals surface area contributed by atoms with Crippen molar-refractivity contribution in [2.75, 3.05) is 0 Å². The number of nitrogens with one attached hydrogen (secondary N) is 1. The first-order valence-electron chi connectivity index (χ1n) is 2.42. The lowest BCUT2D eigenvalue weighted by Gasteiger charge is -1.82. The van der Waals surface area contributed by atoms with E-state index in [2.05, 4.69) is 20.9 Å². The number of hydrogen-bond acceptors (Lipinski definition) is 0. The fraction of sp³-hybridized carbons (Fsp3) is 0.400. The smallest absolute Gasteiger partial charge is 0.264 e. The molecule has 2 nitrogen and oxygen atoms in total. The maximum atomic E-state index is 3.34. The molecule has 0 aliphatic heterocycles. The maximum Gasteiger partial charge on any atom is 0.264 e. The van der Waals surface area contributed by atoms with Crippen molar-refractivity contribution in [3.05, 3.63) is 18.2 Å². The van der Waals surface area contributed by atoms with E-state index in [0.29, 0.717) is 0 Å². The number of rotatable bonds is 1. The SMILES string of the molecule is C[n+]1cc[nH]c1CBr.[Br-]. The molecule has 0 aliphatic carbocycles. The predicted molar refractivity (Wildman–Crippen MR) is 34.6 cm³/mol. The minimum Gasteiger partial charge on any atom is -1.00 e. The number of alkyl halides is 1. The van der Waals surface area contributed by atoms with Gasteiger partial charge in [-0.15, -0.1) is 0 Å². The van der Waals surface area contributed by atoms with E-state index in [4.69, 9.17) is 0 Å². The van der Waals surface area contributed by atoms with Crippen molar-refractivity contribution in [1.29, 1.82) is 0 Å². The van der Waals surface area contributed by atoms with Crippen LogP contribution in [0.3, 0.4) is 0 Å². The lowest BCUT2D eigenvalue weighted by atomic mass is 10.7. The van der Waals surface area contributed by atoms with Gasteiger partial charge in [0.1, 0.15) is 17.7 Å². The number of H-pyrrole nitrogens is 1. The van der Waals surface area contributed by atoms with Gasteiger partial charge in [0.15, 0.2) is 0 Å². The molecule has 0 fully saturated rings. The number of aromatic amines is 1. The van der Waals surface area contributed by atoms with Crippen LogP contribution in [0.2, 0.25) is 0 Å². The lowest BCUT2D eigenvalue weighted by molar-refractivity contribution is -0.676. The van der Waals surface area contributed by atoms with Crippen LogP contribution in [-0.2, 0) is 12.4 Å². The third-order valence-electron chi connectivity index (χ3n) is 1.10. The molecule has 0 aromatic carbocycles. The van der Waals surface area contributed by atoms with E-state index in [0.717, 1.165) is 5.33 Å². The van der Waals surface area contributed by atoms with E-state index < -0.39 is 0 Å². The second kappa shape index (κ2) is 4.06. The van der Waals surface area contributed by atoms with E-state index >= 15 is 0 Å². The highest BCUT2D eigenvalue weighted by Crippen LogP contribution is 1.92. The molecule has 0 saturated heterocycles. The average Bonchev–Trinajstić information content (AvgIpc) is 2.14. The van der Waals surface area contributed by atoms with Gasteiger partial charge in [0.25, 0.3) is 5.82 Å². The summed E-state index contributed by atoms with van der Waals surface area (Å²) < 4.78 is 2.04. The summed E-state index contributed by atoms with van der Waals surface area (Å²) in [6.07, 6.45) is 3.90. The Morgan fingerprint density at radius 2 is 2.44 bits per heavy atom. The van der Waals surface area contributed by atoms with Gasteiger partial charge >= 0.3 is 0 Å². The van der Waals surface area contributed by atoms with Crippen molar-refractivity contribution in [2.24, 2.45) is 7.05 Å². The van der Waals surface area contributed by atoms with Crippen molar-refractivity contribution in [3.63, 3.8) is 0 Å². The van der Waals surface area contributed by atoms with E-state index in [9.17, 15) is 0 Å². The van der Waals surface area contributed by atoms with Crippen LogP contribution in [-0.4, -0.2) is 4.98 Å². The minimum atomic E-state index is 0. The van der Waals surface area contributed by atoms with Crippen LogP contribution in [0.15, 0.2) is 12.4 Å². The van der Waals surface area contributed by atoms with E-state index in [1.807, 2.05) is 24.0 Å². The number of imidazole rings is 1. The summed E-state index contributed by atoms with van der Waals surface area (Å²) in [6.45, 7) is 0. The molecule has 0 amide bonds. The Bertz CT molecular complexity index is 173. The number of hydrogen-bond donors (Lipinski definition) is 1. The zero-order chi connectivity index (χ0) is 5.98. The Balaban J connectivity index is 0.000000640. The summed E-state index contributed by atoms with van der Waals surface area (Å²) in [5.74, 6) is 1.19. The van der Waals surface area contributed by atoms with Gasteiger partial charge in [-0.3, -0.25) is 0 Å². The Kier molecular flexibility index (Phi) is 4.14. The standard InChI is InChI=1S/C5H7BrN2.BrH/c1-8-3-2-7-5(8)4-6;/h2-3H,4H2,1H3;1H. The minimum absolute atomic E-state index is 0. The predicted octanol–water partition coefficient (Wildman–Crippen LogP) is -2.26. The van der Waals surface area contributed by atoms with E-state index in [1.165, 1.54) is 5.82 Å². The molecule has 9 heavy (non-hydrogen) atoms. The Morgan fingerprint density at radius 1 is 1.78 bits per heavy atom. The Morgan fingerprint density at radius 3 is 2.67 bits per heavy atom. The van der Waals surface area contributed by atoms with Gasteiger partial charge in [-0.2, -0.15) is 0 Å². The van der Waals surface area contributed by atoms with Crippen LogP contribution in [0.25, 0.3) is 0 Å². The summed E-state index contributed by atoms with van der Waals surface area (Å²) in [7, 11) is 2.01. The quantitative estimate of drug-likeness (QED) is 0.432. The van der Waals surface area contributed by atoms with Gasteiger partial charge < -0.3 is 17.0 Å². The molecule has 52 valence electrons. The summed E-state index contributed by atoms with van der Waals surface area (Å²) in [4.78, 5) is 3.07. The van der Waals surface area contributed by atoms with Gasteiger partial charge in [-0.1, -0.05) is 15.9 Å². The fourth-order valence-electron chi connectivity index (χ4n) is 0.570. The van der Waals surface area contributed by atoms with Crippen molar-refractivity contribution >= 4 is 15.9 Å². The van der Waals surface area contributed by atoms with Gasteiger partial charge in [0.05, 0.1) is 7.05 Å². The molecule has 4 heteroatoms. The number of aromatic nitrogens is 2. The molecule has 1 aromatic heterocycles. The highest BCUT2D eigenvalue weighted by molar-refractivity contribution is 9.08. The van der Waals surface area contributed by atoms with Crippen molar-refractivity contribution in [3.8, 4) is 0 Å². The van der Waals surface area contributed by atoms with E-state index in [1.54, 1.807) is 0 Å².